The molecule has 1 radical (unpaired) electrons. The molecule has 0 rings (SSSR count). The number of rotatable bonds is 5. The molecule has 0 unspecified atom stereocenters. The van der Waals surface area contributed by atoms with Crippen molar-refractivity contribution in [2.24, 2.45) is 0 Å². The summed E-state index contributed by atoms with van der Waals surface area (Å²) in [6.07, 6.45) is 2.23. The number of hydrogen-bond acceptors (Lipinski definition) is 2. The fourth-order valence-electron chi connectivity index (χ4n) is 0.437. The van der Waals surface area contributed by atoms with Crippen molar-refractivity contribution in [3.05, 3.63) is 0 Å². The minimum Gasteiger partial charge on any atom is -0.389 e. The Morgan fingerprint density at radius 3 is 2.88 bits per heavy atom. The summed E-state index contributed by atoms with van der Waals surface area (Å²) in [5.74, 6) is 1.02. The van der Waals surface area contributed by atoms with E-state index >= 15 is 0 Å². The van der Waals surface area contributed by atoms with Gasteiger partial charge in [0.15, 0.2) is 0 Å². The molecule has 0 aliphatic heterocycles. The lowest BCUT2D eigenvalue weighted by atomic mass is 10.6. The van der Waals surface area contributed by atoms with Crippen LogP contribution in [0.2, 0.25) is 6.04 Å². The van der Waals surface area contributed by atoms with Gasteiger partial charge in [0.05, 0.1) is 9.52 Å². The zero-order chi connectivity index (χ0) is 6.24. The second-order valence-corrected chi connectivity index (χ2v) is 3.55. The van der Waals surface area contributed by atoms with Gasteiger partial charge in [0.1, 0.15) is 0 Å². The Kier molecular flexibility index (Phi) is 8.02. The molecule has 0 saturated carbocycles. The minimum absolute atomic E-state index is 0.549. The van der Waals surface area contributed by atoms with E-state index in [9.17, 15) is 0 Å². The van der Waals surface area contributed by atoms with Crippen LogP contribution in [0.15, 0.2) is 0 Å². The van der Waals surface area contributed by atoms with Crippen LogP contribution in [0.1, 0.15) is 6.42 Å². The van der Waals surface area contributed by atoms with Gasteiger partial charge in [-0.05, 0) is 12.2 Å². The van der Waals surface area contributed by atoms with Crippen molar-refractivity contribution in [3.8, 4) is 0 Å². The van der Waals surface area contributed by atoms with Crippen LogP contribution in [-0.2, 0) is 4.74 Å². The Morgan fingerprint density at radius 2 is 2.38 bits per heavy atom. The maximum atomic E-state index is 4.90. The van der Waals surface area contributed by atoms with Gasteiger partial charge < -0.3 is 4.74 Å². The maximum absolute atomic E-state index is 4.90. The lowest BCUT2D eigenvalue weighted by Crippen LogP contribution is -1.99. The van der Waals surface area contributed by atoms with E-state index in [4.69, 9.17) is 4.74 Å². The lowest BCUT2D eigenvalue weighted by molar-refractivity contribution is 0.251. The summed E-state index contributed by atoms with van der Waals surface area (Å²) >= 11 is 4.10. The van der Waals surface area contributed by atoms with Gasteiger partial charge in [-0.2, -0.15) is 12.6 Å². The molecule has 0 N–H and O–H groups in total. The molecule has 0 saturated heterocycles. The van der Waals surface area contributed by atoms with E-state index in [0.29, 0.717) is 9.52 Å². The molecule has 0 aromatic rings. The molecular formula is C5H13OSSi. The molecule has 0 amide bonds. The van der Waals surface area contributed by atoms with Crippen molar-refractivity contribution in [2.45, 2.75) is 12.5 Å². The Hall–Kier alpha value is 0.527. The predicted molar refractivity (Wildman–Crippen MR) is 42.3 cm³/mol. The summed E-state index contributed by atoms with van der Waals surface area (Å²) in [4.78, 5) is 0. The first kappa shape index (κ1) is 8.53. The van der Waals surface area contributed by atoms with Crippen LogP contribution in [0.5, 0.6) is 0 Å². The smallest absolute Gasteiger partial charge is 0.0616 e. The van der Waals surface area contributed by atoms with Crippen LogP contribution in [-0.4, -0.2) is 28.6 Å². The third kappa shape index (κ3) is 6.53. The molecular weight excluding hydrogens is 136 g/mol. The van der Waals surface area contributed by atoms with Gasteiger partial charge in [-0.1, -0.05) is 6.04 Å². The molecule has 0 spiro atoms. The Morgan fingerprint density at radius 1 is 1.62 bits per heavy atom. The van der Waals surface area contributed by atoms with Crippen LogP contribution < -0.4 is 0 Å². The second kappa shape index (κ2) is 7.53. The molecule has 0 aromatic heterocycles. The monoisotopic (exact) mass is 149 g/mol. The van der Waals surface area contributed by atoms with Crippen LogP contribution in [0.3, 0.4) is 0 Å². The normalized spacial score (nSPS) is 9.75. The van der Waals surface area contributed by atoms with Crippen LogP contribution in [0.25, 0.3) is 0 Å². The Bertz CT molecular complexity index is 37.4. The Balaban J connectivity index is 2.53. The maximum Gasteiger partial charge on any atom is 0.0616 e. The van der Waals surface area contributed by atoms with Gasteiger partial charge in [0.2, 0.25) is 0 Å². The summed E-state index contributed by atoms with van der Waals surface area (Å²) in [5.41, 5.74) is 0. The standard InChI is InChI=1S/C5H13OSSi/c1-6-5-8-4-2-3-7/h7-8H,2-5H2,1H3. The van der Waals surface area contributed by atoms with E-state index in [2.05, 4.69) is 12.6 Å². The van der Waals surface area contributed by atoms with Gasteiger partial charge in [-0.25, -0.2) is 0 Å². The van der Waals surface area contributed by atoms with Crippen LogP contribution in [0, 0.1) is 0 Å². The number of ether oxygens (including phenoxy) is 1. The molecule has 0 heterocycles. The van der Waals surface area contributed by atoms with E-state index in [0.717, 1.165) is 12.0 Å². The minimum atomic E-state index is 0.549. The van der Waals surface area contributed by atoms with Crippen molar-refractivity contribution in [3.63, 3.8) is 0 Å². The molecule has 3 heteroatoms. The van der Waals surface area contributed by atoms with E-state index in [1.165, 1.54) is 12.5 Å². The van der Waals surface area contributed by atoms with E-state index in [1.54, 1.807) is 7.11 Å². The van der Waals surface area contributed by atoms with Crippen molar-refractivity contribution >= 4 is 22.1 Å². The predicted octanol–water partition coefficient (Wildman–Crippen LogP) is 0.765. The molecule has 0 aliphatic carbocycles. The highest BCUT2D eigenvalue weighted by atomic mass is 32.1. The topological polar surface area (TPSA) is 9.23 Å². The summed E-state index contributed by atoms with van der Waals surface area (Å²) in [6.45, 7) is 0. The van der Waals surface area contributed by atoms with Gasteiger partial charge in [0, 0.05) is 13.3 Å². The molecule has 0 aromatic carbocycles. The number of hydrogen-bond donors (Lipinski definition) is 1. The summed E-state index contributed by atoms with van der Waals surface area (Å²) in [5, 5.41) is 0. The highest BCUT2D eigenvalue weighted by molar-refractivity contribution is 7.80. The first-order valence-electron chi connectivity index (χ1n) is 2.83. The molecule has 0 bridgehead atoms. The summed E-state index contributed by atoms with van der Waals surface area (Å²) in [7, 11) is 2.31. The van der Waals surface area contributed by atoms with Gasteiger partial charge in [-0.15, -0.1) is 0 Å². The van der Waals surface area contributed by atoms with E-state index in [-0.39, 0.29) is 0 Å². The average molecular weight is 149 g/mol. The number of methoxy groups -OCH3 is 1. The fourth-order valence-corrected chi connectivity index (χ4v) is 1.86. The SMILES string of the molecule is COC[SiH]CCCS. The van der Waals surface area contributed by atoms with Crippen molar-refractivity contribution < 1.29 is 4.74 Å². The third-order valence-electron chi connectivity index (χ3n) is 0.851. The first-order valence-corrected chi connectivity index (χ1v) is 5.10. The second-order valence-electron chi connectivity index (χ2n) is 1.61. The quantitative estimate of drug-likeness (QED) is 0.345. The zero-order valence-corrected chi connectivity index (χ0v) is 7.31. The van der Waals surface area contributed by atoms with E-state index < -0.39 is 0 Å². The van der Waals surface area contributed by atoms with Crippen molar-refractivity contribution in [2.75, 3.05) is 19.1 Å². The summed E-state index contributed by atoms with van der Waals surface area (Å²) < 4.78 is 4.90. The van der Waals surface area contributed by atoms with Gasteiger partial charge in [-0.3, -0.25) is 0 Å². The zero-order valence-electron chi connectivity index (χ0n) is 5.26. The largest absolute Gasteiger partial charge is 0.389 e. The molecule has 8 heavy (non-hydrogen) atoms. The van der Waals surface area contributed by atoms with Gasteiger partial charge >= 0.3 is 0 Å². The third-order valence-corrected chi connectivity index (χ3v) is 2.55. The van der Waals surface area contributed by atoms with Gasteiger partial charge in [0.25, 0.3) is 0 Å². The van der Waals surface area contributed by atoms with Crippen molar-refractivity contribution in [1.29, 1.82) is 0 Å². The molecule has 0 atom stereocenters. The highest BCUT2D eigenvalue weighted by Crippen LogP contribution is 1.89. The summed E-state index contributed by atoms with van der Waals surface area (Å²) in [6, 6.07) is 1.33. The van der Waals surface area contributed by atoms with Crippen molar-refractivity contribution in [1.82, 2.24) is 0 Å². The Labute approximate surface area is 59.0 Å². The molecule has 0 fully saturated rings. The highest BCUT2D eigenvalue weighted by Gasteiger charge is 1.85. The fraction of sp³-hybridized carbons (Fsp3) is 1.00. The van der Waals surface area contributed by atoms with Crippen LogP contribution >= 0.6 is 12.6 Å². The molecule has 0 aliphatic rings. The van der Waals surface area contributed by atoms with E-state index in [1.807, 2.05) is 0 Å². The number of thiol groups is 1. The first-order chi connectivity index (χ1) is 3.91. The van der Waals surface area contributed by atoms with Crippen LogP contribution in [0.4, 0.5) is 0 Å². The average Bonchev–Trinajstić information content (AvgIpc) is 1.81. The molecule has 1 nitrogen and oxygen atoms in total. The molecule has 49 valence electrons. The lowest BCUT2D eigenvalue weighted by Gasteiger charge is -1.93.